The second kappa shape index (κ2) is 5.72. The summed E-state index contributed by atoms with van der Waals surface area (Å²) in [6, 6.07) is 5.19. The van der Waals surface area contributed by atoms with Crippen molar-refractivity contribution < 1.29 is 18.9 Å². The molecule has 7 heteroatoms. The molecule has 5 nitrogen and oxygen atoms in total. The Hall–Kier alpha value is -1.31. The van der Waals surface area contributed by atoms with Gasteiger partial charge in [-0.3, -0.25) is 9.59 Å². The van der Waals surface area contributed by atoms with Gasteiger partial charge in [-0.1, -0.05) is 12.1 Å². The van der Waals surface area contributed by atoms with E-state index in [2.05, 4.69) is 0 Å². The van der Waals surface area contributed by atoms with Gasteiger partial charge in [-0.15, -0.1) is 0 Å². The molecule has 1 heterocycles. The van der Waals surface area contributed by atoms with Crippen molar-refractivity contribution >= 4 is 35.4 Å². The maximum absolute atomic E-state index is 11.7. The van der Waals surface area contributed by atoms with Crippen molar-refractivity contribution in [3.05, 3.63) is 23.8 Å². The summed E-state index contributed by atoms with van der Waals surface area (Å²) >= 11 is 0.833. The van der Waals surface area contributed by atoms with Crippen molar-refractivity contribution in [2.75, 3.05) is 0 Å². The van der Waals surface area contributed by atoms with Gasteiger partial charge >= 0.3 is 7.12 Å². The van der Waals surface area contributed by atoms with E-state index >= 15 is 0 Å². The fourth-order valence-corrected chi connectivity index (χ4v) is 2.88. The summed E-state index contributed by atoms with van der Waals surface area (Å²) in [7, 11) is -0.543. The molecule has 22 heavy (non-hydrogen) atoms. The van der Waals surface area contributed by atoms with Crippen molar-refractivity contribution in [2.45, 2.75) is 50.7 Å². The third-order valence-electron chi connectivity index (χ3n) is 4.12. The summed E-state index contributed by atoms with van der Waals surface area (Å²) < 4.78 is 12.0. The molecule has 1 fully saturated rings. The molecule has 118 valence electrons. The summed E-state index contributed by atoms with van der Waals surface area (Å²) in [4.78, 5) is 23.4. The minimum Gasteiger partial charge on any atom is -0.399 e. The highest BCUT2D eigenvalue weighted by Crippen LogP contribution is 2.36. The van der Waals surface area contributed by atoms with Crippen LogP contribution < -0.4 is 11.2 Å². The number of ketones is 1. The molecule has 2 rings (SSSR count). The molecule has 0 bridgehead atoms. The van der Waals surface area contributed by atoms with E-state index in [0.29, 0.717) is 10.5 Å². The zero-order valence-electron chi connectivity index (χ0n) is 13.4. The van der Waals surface area contributed by atoms with E-state index in [1.54, 1.807) is 18.2 Å². The first kappa shape index (κ1) is 17.1. The van der Waals surface area contributed by atoms with Gasteiger partial charge in [-0.05, 0) is 57.9 Å². The van der Waals surface area contributed by atoms with Gasteiger partial charge in [0.05, 0.1) is 11.2 Å². The van der Waals surface area contributed by atoms with Gasteiger partial charge < -0.3 is 15.0 Å². The van der Waals surface area contributed by atoms with Crippen molar-refractivity contribution in [3.63, 3.8) is 0 Å². The van der Waals surface area contributed by atoms with Crippen LogP contribution in [0.2, 0.25) is 0 Å². The predicted octanol–water partition coefficient (Wildman–Crippen LogP) is 2.36. The first-order valence-electron chi connectivity index (χ1n) is 7.01. The molecular weight excluding hydrogens is 301 g/mol. The molecule has 1 aromatic carbocycles. The van der Waals surface area contributed by atoms with Crippen LogP contribution in [-0.2, 0) is 9.31 Å². The van der Waals surface area contributed by atoms with E-state index in [1.807, 2.05) is 27.7 Å². The number of hydrogen-bond acceptors (Lipinski definition) is 5. The van der Waals surface area contributed by atoms with Crippen LogP contribution in [0.5, 0.6) is 0 Å². The lowest BCUT2D eigenvalue weighted by Crippen LogP contribution is -2.41. The molecule has 0 radical (unpaired) electrons. The molecule has 0 aliphatic carbocycles. The van der Waals surface area contributed by atoms with Gasteiger partial charge in [0.1, 0.15) is 0 Å². The molecule has 1 aliphatic heterocycles. The van der Waals surface area contributed by atoms with Crippen molar-refractivity contribution in [1.29, 1.82) is 0 Å². The number of nitrogens with two attached hydrogens (primary N) is 1. The molecule has 1 saturated heterocycles. The fourth-order valence-electron chi connectivity index (χ4n) is 2.15. The lowest BCUT2D eigenvalue weighted by Gasteiger charge is -2.32. The first-order chi connectivity index (χ1) is 10.0. The minimum atomic E-state index is -0.562. The Bertz CT molecular complexity index is 614. The Morgan fingerprint density at radius 3 is 2.14 bits per heavy atom. The topological polar surface area (TPSA) is 78.6 Å². The molecule has 2 N–H and O–H groups in total. The average molecular weight is 321 g/mol. The number of primary amides is 1. The van der Waals surface area contributed by atoms with E-state index in [4.69, 9.17) is 15.0 Å². The van der Waals surface area contributed by atoms with Crippen LogP contribution >= 0.6 is 11.8 Å². The van der Waals surface area contributed by atoms with Gasteiger partial charge in [0, 0.05) is 10.5 Å². The fraction of sp³-hybridized carbons (Fsp3) is 0.467. The van der Waals surface area contributed by atoms with E-state index in [9.17, 15) is 9.59 Å². The molecule has 0 unspecified atom stereocenters. The monoisotopic (exact) mass is 321 g/mol. The number of rotatable bonds is 3. The molecule has 0 atom stereocenters. The van der Waals surface area contributed by atoms with E-state index < -0.39 is 23.6 Å². The Morgan fingerprint density at radius 2 is 1.68 bits per heavy atom. The lowest BCUT2D eigenvalue weighted by atomic mass is 9.78. The molecule has 1 amide bonds. The van der Waals surface area contributed by atoms with Gasteiger partial charge in [-0.25, -0.2) is 0 Å². The van der Waals surface area contributed by atoms with E-state index in [0.717, 1.165) is 17.2 Å². The SMILES string of the molecule is CC(=O)c1ccc(B2OC(C)(C)C(C)(C)O2)cc1SC(N)=O. The predicted molar refractivity (Wildman–Crippen MR) is 87.6 cm³/mol. The Balaban J connectivity index is 2.38. The second-order valence-electron chi connectivity index (χ2n) is 6.32. The number of hydrogen-bond donors (Lipinski definition) is 1. The number of Topliss-reactive ketones (excluding diaryl/α,β-unsaturated/α-hetero) is 1. The largest absolute Gasteiger partial charge is 0.494 e. The molecule has 0 aromatic heterocycles. The summed E-state index contributed by atoms with van der Waals surface area (Å²) in [6.07, 6.45) is 0. The third kappa shape index (κ3) is 3.21. The molecule has 0 spiro atoms. The molecule has 0 saturated carbocycles. The quantitative estimate of drug-likeness (QED) is 0.525. The van der Waals surface area contributed by atoms with Crippen molar-refractivity contribution in [1.82, 2.24) is 0 Å². The summed E-state index contributed by atoms with van der Waals surface area (Å²) in [5.41, 5.74) is 5.55. The zero-order chi connectivity index (χ0) is 16.7. The van der Waals surface area contributed by atoms with Crippen LogP contribution in [0.4, 0.5) is 4.79 Å². The number of carbonyl (C=O) groups excluding carboxylic acids is 2. The molecular formula is C15H20BNO4S. The molecule has 1 aliphatic rings. The maximum Gasteiger partial charge on any atom is 0.494 e. The second-order valence-corrected chi connectivity index (χ2v) is 7.37. The molecule has 1 aromatic rings. The highest BCUT2D eigenvalue weighted by Gasteiger charge is 2.51. The zero-order valence-corrected chi connectivity index (χ0v) is 14.2. The van der Waals surface area contributed by atoms with Crippen LogP contribution in [0.1, 0.15) is 45.0 Å². The van der Waals surface area contributed by atoms with Gasteiger partial charge in [0.15, 0.2) is 5.78 Å². The van der Waals surface area contributed by atoms with Gasteiger partial charge in [-0.2, -0.15) is 0 Å². The van der Waals surface area contributed by atoms with Crippen LogP contribution in [0, 0.1) is 0 Å². The van der Waals surface area contributed by atoms with E-state index in [-0.39, 0.29) is 5.78 Å². The highest BCUT2D eigenvalue weighted by molar-refractivity contribution is 8.13. The van der Waals surface area contributed by atoms with Crippen molar-refractivity contribution in [2.24, 2.45) is 5.73 Å². The number of thioether (sulfide) groups is 1. The number of benzene rings is 1. The first-order valence-corrected chi connectivity index (χ1v) is 7.83. The Kier molecular flexibility index (Phi) is 4.43. The van der Waals surface area contributed by atoms with Gasteiger partial charge in [0.25, 0.3) is 5.24 Å². The smallest absolute Gasteiger partial charge is 0.399 e. The minimum absolute atomic E-state index is 0.121. The number of amides is 1. The standard InChI is InChI=1S/C15H20BNO4S/c1-9(18)11-7-6-10(8-12(11)22-13(17)19)16-20-14(2,3)15(4,5)21-16/h6-8H,1-5H3,(H2,17,19). The highest BCUT2D eigenvalue weighted by atomic mass is 32.2. The third-order valence-corrected chi connectivity index (χ3v) is 4.88. The van der Waals surface area contributed by atoms with Crippen LogP contribution in [0.3, 0.4) is 0 Å². The Morgan fingerprint density at radius 1 is 1.14 bits per heavy atom. The summed E-state index contributed by atoms with van der Waals surface area (Å²) in [6.45, 7) is 9.33. The lowest BCUT2D eigenvalue weighted by molar-refractivity contribution is 0.00578. The maximum atomic E-state index is 11.7. The van der Waals surface area contributed by atoms with Crippen LogP contribution in [0.25, 0.3) is 0 Å². The van der Waals surface area contributed by atoms with Crippen LogP contribution in [0.15, 0.2) is 23.1 Å². The normalized spacial score (nSPS) is 19.2. The van der Waals surface area contributed by atoms with Gasteiger partial charge in [0.2, 0.25) is 0 Å². The van der Waals surface area contributed by atoms with E-state index in [1.165, 1.54) is 6.92 Å². The summed E-state index contributed by atoms with van der Waals surface area (Å²) in [5, 5.41) is -0.562. The average Bonchev–Trinajstić information content (AvgIpc) is 2.57. The Labute approximate surface area is 135 Å². The van der Waals surface area contributed by atoms with Crippen molar-refractivity contribution in [3.8, 4) is 0 Å². The van der Waals surface area contributed by atoms with Crippen LogP contribution in [-0.4, -0.2) is 29.3 Å². The summed E-state index contributed by atoms with van der Waals surface area (Å²) in [5.74, 6) is -0.121. The number of carbonyl (C=O) groups is 2.